The van der Waals surface area contributed by atoms with E-state index in [0.717, 1.165) is 30.4 Å². The number of carbonyl (C=O) groups is 1. The average Bonchev–Trinajstić information content (AvgIpc) is 2.98. The van der Waals surface area contributed by atoms with Crippen LogP contribution in [0.1, 0.15) is 19.3 Å². The first-order valence-electron chi connectivity index (χ1n) is 6.79. The number of hydrogen-bond donors (Lipinski definition) is 2. The highest BCUT2D eigenvalue weighted by molar-refractivity contribution is 7.99. The third kappa shape index (κ3) is 5.89. The lowest BCUT2D eigenvalue weighted by Gasteiger charge is -2.22. The van der Waals surface area contributed by atoms with Crippen molar-refractivity contribution in [3.63, 3.8) is 0 Å². The Morgan fingerprint density at radius 3 is 3.30 bits per heavy atom. The van der Waals surface area contributed by atoms with E-state index in [1.165, 1.54) is 24.5 Å². The smallest absolute Gasteiger partial charge is 0.246 e. The van der Waals surface area contributed by atoms with Crippen LogP contribution in [0.3, 0.4) is 0 Å². The van der Waals surface area contributed by atoms with E-state index >= 15 is 0 Å². The molecule has 2 heterocycles. The maximum Gasteiger partial charge on any atom is 0.246 e. The van der Waals surface area contributed by atoms with E-state index < -0.39 is 0 Å². The second-order valence-corrected chi connectivity index (χ2v) is 5.58. The van der Waals surface area contributed by atoms with E-state index in [4.69, 9.17) is 9.47 Å². The predicted molar refractivity (Wildman–Crippen MR) is 74.5 cm³/mol. The van der Waals surface area contributed by atoms with Crippen LogP contribution in [0.2, 0.25) is 0 Å². The van der Waals surface area contributed by atoms with E-state index in [-0.39, 0.29) is 18.6 Å². The second-order valence-electron chi connectivity index (χ2n) is 4.49. The minimum atomic E-state index is -0.0982. The Kier molecular flexibility index (Phi) is 6.82. The fraction of sp³-hybridized carbons (Fsp3) is 0.750. The molecule has 1 aromatic rings. The maximum atomic E-state index is 11.5. The van der Waals surface area contributed by atoms with E-state index in [1.54, 1.807) is 0 Å². The molecule has 0 bridgehead atoms. The summed E-state index contributed by atoms with van der Waals surface area (Å²) in [5, 5.41) is 10.0. The summed E-state index contributed by atoms with van der Waals surface area (Å²) in [6.07, 6.45) is 4.94. The van der Waals surface area contributed by atoms with Gasteiger partial charge >= 0.3 is 0 Å². The van der Waals surface area contributed by atoms with Crippen molar-refractivity contribution in [2.24, 2.45) is 0 Å². The van der Waals surface area contributed by atoms with Crippen molar-refractivity contribution in [1.29, 1.82) is 0 Å². The molecule has 2 N–H and O–H groups in total. The van der Waals surface area contributed by atoms with Gasteiger partial charge in [0.2, 0.25) is 5.91 Å². The van der Waals surface area contributed by atoms with Gasteiger partial charge in [-0.05, 0) is 19.3 Å². The summed E-state index contributed by atoms with van der Waals surface area (Å²) >= 11 is 1.51. The summed E-state index contributed by atoms with van der Waals surface area (Å²) < 4.78 is 10.9. The molecule has 0 unspecified atom stereocenters. The van der Waals surface area contributed by atoms with Gasteiger partial charge in [0.15, 0.2) is 5.16 Å². The van der Waals surface area contributed by atoms with Crippen LogP contribution >= 0.6 is 11.8 Å². The number of carbonyl (C=O) groups excluding carboxylic acids is 1. The number of nitrogens with one attached hydrogen (secondary N) is 2. The number of hydrogen-bond acceptors (Lipinski definition) is 6. The molecule has 7 nitrogen and oxygen atoms in total. The number of aromatic amines is 1. The Balaban J connectivity index is 1.45. The zero-order chi connectivity index (χ0) is 14.0. The standard InChI is InChI=1S/C12H20N4O3S/c17-11(8-18-7-10-3-1-2-5-19-10)13-4-6-20-12-14-9-15-16-12/h9-10H,1-8H2,(H,13,17)(H,14,15,16)/t10-/m1/s1. The lowest BCUT2D eigenvalue weighted by molar-refractivity contribution is -0.127. The van der Waals surface area contributed by atoms with E-state index in [2.05, 4.69) is 20.5 Å². The molecule has 1 atom stereocenters. The van der Waals surface area contributed by atoms with Gasteiger partial charge in [-0.2, -0.15) is 5.10 Å². The van der Waals surface area contributed by atoms with Gasteiger partial charge in [-0.15, -0.1) is 0 Å². The largest absolute Gasteiger partial charge is 0.376 e. The first-order chi connectivity index (χ1) is 9.84. The Morgan fingerprint density at radius 1 is 1.60 bits per heavy atom. The zero-order valence-electron chi connectivity index (χ0n) is 11.3. The molecule has 0 saturated carbocycles. The zero-order valence-corrected chi connectivity index (χ0v) is 12.2. The van der Waals surface area contributed by atoms with Crippen molar-refractivity contribution in [3.05, 3.63) is 6.33 Å². The second kappa shape index (κ2) is 8.93. The SMILES string of the molecule is O=C(COC[C@H]1CCCCO1)NCCSc1ncn[nH]1. The highest BCUT2D eigenvalue weighted by atomic mass is 32.2. The predicted octanol–water partition coefficient (Wildman–Crippen LogP) is 0.599. The third-order valence-corrected chi connectivity index (χ3v) is 3.75. The third-order valence-electron chi connectivity index (χ3n) is 2.87. The number of thioether (sulfide) groups is 1. The summed E-state index contributed by atoms with van der Waals surface area (Å²) in [5.41, 5.74) is 0. The van der Waals surface area contributed by atoms with Crippen molar-refractivity contribution in [1.82, 2.24) is 20.5 Å². The molecule has 1 aromatic heterocycles. The van der Waals surface area contributed by atoms with Gasteiger partial charge in [0.05, 0.1) is 12.7 Å². The number of H-pyrrole nitrogens is 1. The summed E-state index contributed by atoms with van der Waals surface area (Å²) in [4.78, 5) is 15.5. The van der Waals surface area contributed by atoms with Gasteiger partial charge < -0.3 is 14.8 Å². The van der Waals surface area contributed by atoms with Crippen molar-refractivity contribution in [2.75, 3.05) is 32.1 Å². The van der Waals surface area contributed by atoms with Crippen molar-refractivity contribution in [3.8, 4) is 0 Å². The minimum absolute atomic E-state index is 0.0901. The maximum absolute atomic E-state index is 11.5. The molecule has 0 radical (unpaired) electrons. The number of ether oxygens (including phenoxy) is 2. The molecule has 1 aliphatic rings. The molecule has 0 aromatic carbocycles. The summed E-state index contributed by atoms with van der Waals surface area (Å²) in [6.45, 7) is 1.97. The van der Waals surface area contributed by atoms with Gasteiger partial charge in [-0.3, -0.25) is 9.89 Å². The van der Waals surface area contributed by atoms with Crippen LogP contribution in [0.15, 0.2) is 11.5 Å². The normalized spacial score (nSPS) is 18.9. The van der Waals surface area contributed by atoms with Crippen LogP contribution in [0.25, 0.3) is 0 Å². The van der Waals surface area contributed by atoms with Crippen molar-refractivity contribution >= 4 is 17.7 Å². The van der Waals surface area contributed by atoms with Gasteiger partial charge in [-0.1, -0.05) is 11.8 Å². The van der Waals surface area contributed by atoms with Crippen LogP contribution in [0, 0.1) is 0 Å². The molecule has 1 saturated heterocycles. The molecule has 8 heteroatoms. The first-order valence-corrected chi connectivity index (χ1v) is 7.77. The Hall–Kier alpha value is -1.12. The highest BCUT2D eigenvalue weighted by Crippen LogP contribution is 2.12. The monoisotopic (exact) mass is 300 g/mol. The fourth-order valence-corrected chi connectivity index (χ4v) is 2.51. The fourth-order valence-electron chi connectivity index (χ4n) is 1.87. The number of nitrogens with zero attached hydrogens (tertiary/aromatic N) is 2. The molecule has 20 heavy (non-hydrogen) atoms. The molecule has 1 fully saturated rings. The first kappa shape index (κ1) is 15.3. The van der Waals surface area contributed by atoms with Crippen molar-refractivity contribution in [2.45, 2.75) is 30.5 Å². The average molecular weight is 300 g/mol. The number of aromatic nitrogens is 3. The van der Waals surface area contributed by atoms with Gasteiger partial charge in [0, 0.05) is 18.9 Å². The van der Waals surface area contributed by atoms with Crippen LogP contribution in [-0.2, 0) is 14.3 Å². The molecule has 0 spiro atoms. The molecule has 1 amide bonds. The quantitative estimate of drug-likeness (QED) is 0.540. The van der Waals surface area contributed by atoms with E-state index in [1.807, 2.05) is 0 Å². The van der Waals surface area contributed by atoms with Crippen LogP contribution in [0.4, 0.5) is 0 Å². The summed E-state index contributed by atoms with van der Waals surface area (Å²) in [5.74, 6) is 0.645. The Bertz CT molecular complexity index is 382. The molecule has 0 aliphatic carbocycles. The Morgan fingerprint density at radius 2 is 2.55 bits per heavy atom. The molecular weight excluding hydrogens is 280 g/mol. The van der Waals surface area contributed by atoms with E-state index in [0.29, 0.717) is 13.2 Å². The lowest BCUT2D eigenvalue weighted by atomic mass is 10.1. The lowest BCUT2D eigenvalue weighted by Crippen LogP contribution is -2.32. The van der Waals surface area contributed by atoms with Crippen molar-refractivity contribution < 1.29 is 14.3 Å². The number of rotatable bonds is 8. The van der Waals surface area contributed by atoms with Gasteiger partial charge in [0.1, 0.15) is 12.9 Å². The highest BCUT2D eigenvalue weighted by Gasteiger charge is 2.14. The van der Waals surface area contributed by atoms with Gasteiger partial charge in [-0.25, -0.2) is 4.98 Å². The molecule has 1 aliphatic heterocycles. The van der Waals surface area contributed by atoms with E-state index in [9.17, 15) is 4.79 Å². The number of amides is 1. The van der Waals surface area contributed by atoms with Crippen LogP contribution in [0.5, 0.6) is 0 Å². The molecule has 2 rings (SSSR count). The van der Waals surface area contributed by atoms with Crippen LogP contribution < -0.4 is 5.32 Å². The Labute approximate surface area is 122 Å². The topological polar surface area (TPSA) is 89.1 Å². The molecular formula is C12H20N4O3S. The van der Waals surface area contributed by atoms with Gasteiger partial charge in [0.25, 0.3) is 0 Å². The summed E-state index contributed by atoms with van der Waals surface area (Å²) in [7, 11) is 0. The molecule has 112 valence electrons. The summed E-state index contributed by atoms with van der Waals surface area (Å²) in [6, 6.07) is 0. The van der Waals surface area contributed by atoms with Crippen LogP contribution in [-0.4, -0.2) is 59.3 Å². The minimum Gasteiger partial charge on any atom is -0.376 e.